The average molecular weight is 370 g/mol. The minimum Gasteiger partial charge on any atom is -0.306 e. The van der Waals surface area contributed by atoms with E-state index in [-0.39, 0.29) is 4.75 Å². The lowest BCUT2D eigenvalue weighted by Gasteiger charge is -2.32. The Kier molecular flexibility index (Phi) is 4.47. The van der Waals surface area contributed by atoms with Crippen LogP contribution in [0.3, 0.4) is 0 Å². The van der Waals surface area contributed by atoms with Gasteiger partial charge in [0.25, 0.3) is 0 Å². The van der Waals surface area contributed by atoms with Crippen LogP contribution in [0, 0.1) is 6.92 Å². The zero-order valence-electron chi connectivity index (χ0n) is 15.1. The number of likely N-dealkylation sites (tertiary alicyclic amines) is 1. The molecule has 25 heavy (non-hydrogen) atoms. The molecule has 0 spiro atoms. The molecule has 2 aromatic rings. The lowest BCUT2D eigenvalue weighted by molar-refractivity contribution is 0.312. The number of rotatable bonds is 1. The highest BCUT2D eigenvalue weighted by Crippen LogP contribution is 2.60. The Labute approximate surface area is 160 Å². The van der Waals surface area contributed by atoms with Crippen LogP contribution in [0.2, 0.25) is 5.02 Å². The Morgan fingerprint density at radius 3 is 2.40 bits per heavy atom. The third-order valence-electron chi connectivity index (χ3n) is 5.53. The van der Waals surface area contributed by atoms with Crippen LogP contribution in [0.25, 0.3) is 5.57 Å². The average Bonchev–Trinajstić information content (AvgIpc) is 2.89. The molecule has 1 unspecified atom stereocenters. The van der Waals surface area contributed by atoms with E-state index in [1.54, 1.807) is 11.1 Å². The number of aryl methyl sites for hydroxylation is 1. The van der Waals surface area contributed by atoms with Crippen molar-refractivity contribution in [2.75, 3.05) is 20.1 Å². The summed E-state index contributed by atoms with van der Waals surface area (Å²) < 4.78 is -0.0358. The fraction of sp³-hybridized carbons (Fsp3) is 0.364. The van der Waals surface area contributed by atoms with E-state index in [0.717, 1.165) is 18.1 Å². The van der Waals surface area contributed by atoms with Crippen molar-refractivity contribution in [1.29, 1.82) is 0 Å². The van der Waals surface area contributed by atoms with Gasteiger partial charge in [-0.1, -0.05) is 47.0 Å². The number of thioether (sulfide) groups is 1. The van der Waals surface area contributed by atoms with Crippen molar-refractivity contribution in [1.82, 2.24) is 4.90 Å². The molecule has 0 saturated carbocycles. The SMILES string of the molecule is Cc1ccc2c(c1)C(=C1CCN(C)CC1)C(C)(c1ccc(Cl)cc1)S2. The molecule has 2 heterocycles. The third-order valence-corrected chi connectivity index (χ3v) is 7.21. The number of halogens is 1. The van der Waals surface area contributed by atoms with E-state index >= 15 is 0 Å². The summed E-state index contributed by atoms with van der Waals surface area (Å²) in [6.07, 6.45) is 2.34. The van der Waals surface area contributed by atoms with Crippen LogP contribution in [0.5, 0.6) is 0 Å². The van der Waals surface area contributed by atoms with Gasteiger partial charge in [-0.15, -0.1) is 11.8 Å². The first-order valence-corrected chi connectivity index (χ1v) is 10.1. The second-order valence-corrected chi connectivity index (χ2v) is 9.32. The highest BCUT2D eigenvalue weighted by atomic mass is 35.5. The fourth-order valence-corrected chi connectivity index (χ4v) is 5.68. The van der Waals surface area contributed by atoms with Crippen molar-refractivity contribution >= 4 is 28.9 Å². The number of piperidine rings is 1. The molecule has 0 aromatic heterocycles. The first-order chi connectivity index (χ1) is 12.0. The first-order valence-electron chi connectivity index (χ1n) is 8.94. The van der Waals surface area contributed by atoms with E-state index in [1.165, 1.54) is 34.4 Å². The number of hydrogen-bond donors (Lipinski definition) is 0. The summed E-state index contributed by atoms with van der Waals surface area (Å²) >= 11 is 8.14. The largest absolute Gasteiger partial charge is 0.306 e. The van der Waals surface area contributed by atoms with Crippen LogP contribution in [0.15, 0.2) is 52.9 Å². The van der Waals surface area contributed by atoms with Gasteiger partial charge in [0.15, 0.2) is 0 Å². The Morgan fingerprint density at radius 1 is 1.04 bits per heavy atom. The monoisotopic (exact) mass is 369 g/mol. The van der Waals surface area contributed by atoms with Crippen LogP contribution >= 0.6 is 23.4 Å². The summed E-state index contributed by atoms with van der Waals surface area (Å²) in [4.78, 5) is 3.84. The van der Waals surface area contributed by atoms with Crippen molar-refractivity contribution in [2.45, 2.75) is 36.3 Å². The van der Waals surface area contributed by atoms with Crippen molar-refractivity contribution in [3.8, 4) is 0 Å². The maximum Gasteiger partial charge on any atom is 0.0681 e. The number of hydrogen-bond acceptors (Lipinski definition) is 2. The van der Waals surface area contributed by atoms with E-state index in [2.05, 4.69) is 56.1 Å². The van der Waals surface area contributed by atoms with E-state index in [1.807, 2.05) is 23.9 Å². The van der Waals surface area contributed by atoms with Crippen LogP contribution in [-0.4, -0.2) is 25.0 Å². The van der Waals surface area contributed by atoms with E-state index in [9.17, 15) is 0 Å². The third kappa shape index (κ3) is 3.05. The molecule has 3 heteroatoms. The zero-order chi connectivity index (χ0) is 17.6. The Morgan fingerprint density at radius 2 is 1.72 bits per heavy atom. The summed E-state index contributed by atoms with van der Waals surface area (Å²) in [5.41, 5.74) is 7.31. The van der Waals surface area contributed by atoms with Crippen molar-refractivity contribution in [2.24, 2.45) is 0 Å². The van der Waals surface area contributed by atoms with Crippen molar-refractivity contribution in [3.63, 3.8) is 0 Å². The van der Waals surface area contributed by atoms with Gasteiger partial charge in [-0.3, -0.25) is 0 Å². The van der Waals surface area contributed by atoms with Crippen molar-refractivity contribution in [3.05, 3.63) is 69.8 Å². The lowest BCUT2D eigenvalue weighted by Crippen LogP contribution is -2.28. The summed E-state index contributed by atoms with van der Waals surface area (Å²) in [5, 5.41) is 0.803. The van der Waals surface area contributed by atoms with E-state index < -0.39 is 0 Å². The lowest BCUT2D eigenvalue weighted by atomic mass is 9.81. The maximum atomic E-state index is 6.15. The molecule has 2 aliphatic rings. The van der Waals surface area contributed by atoms with Gasteiger partial charge in [0.05, 0.1) is 4.75 Å². The standard InChI is InChI=1S/C22H24ClNS/c1-15-4-9-20-19(14-15)21(16-10-12-24(3)13-11-16)22(2,25-20)17-5-7-18(23)8-6-17/h4-9,14H,10-13H2,1-3H3. The summed E-state index contributed by atoms with van der Waals surface area (Å²) in [7, 11) is 2.22. The predicted molar refractivity (Wildman–Crippen MR) is 109 cm³/mol. The summed E-state index contributed by atoms with van der Waals surface area (Å²) in [5.74, 6) is 0. The highest BCUT2D eigenvalue weighted by Gasteiger charge is 2.42. The number of nitrogens with zero attached hydrogens (tertiary/aromatic N) is 1. The quantitative estimate of drug-likeness (QED) is 0.593. The molecule has 0 radical (unpaired) electrons. The second kappa shape index (κ2) is 6.50. The Balaban J connectivity index is 1.89. The number of benzene rings is 2. The molecule has 0 aliphatic carbocycles. The van der Waals surface area contributed by atoms with Gasteiger partial charge in [-0.25, -0.2) is 0 Å². The molecular weight excluding hydrogens is 346 g/mol. The van der Waals surface area contributed by atoms with Gasteiger partial charge in [0, 0.05) is 23.0 Å². The van der Waals surface area contributed by atoms with Crippen LogP contribution in [-0.2, 0) is 4.75 Å². The van der Waals surface area contributed by atoms with Gasteiger partial charge in [0.2, 0.25) is 0 Å². The zero-order valence-corrected chi connectivity index (χ0v) is 16.7. The molecule has 1 saturated heterocycles. The summed E-state index contributed by atoms with van der Waals surface area (Å²) in [6, 6.07) is 15.3. The number of fused-ring (bicyclic) bond motifs is 1. The molecule has 1 atom stereocenters. The molecule has 0 N–H and O–H groups in total. The molecule has 1 fully saturated rings. The minimum atomic E-state index is -0.0358. The minimum absolute atomic E-state index is 0.0358. The maximum absolute atomic E-state index is 6.15. The van der Waals surface area contributed by atoms with E-state index in [0.29, 0.717) is 0 Å². The smallest absolute Gasteiger partial charge is 0.0681 e. The molecule has 0 amide bonds. The van der Waals surface area contributed by atoms with Crippen molar-refractivity contribution < 1.29 is 0 Å². The second-order valence-electron chi connectivity index (χ2n) is 7.42. The summed E-state index contributed by atoms with van der Waals surface area (Å²) in [6.45, 7) is 6.89. The van der Waals surface area contributed by atoms with Crippen LogP contribution in [0.1, 0.15) is 36.5 Å². The highest BCUT2D eigenvalue weighted by molar-refractivity contribution is 8.01. The molecule has 2 aromatic carbocycles. The van der Waals surface area contributed by atoms with E-state index in [4.69, 9.17) is 11.6 Å². The topological polar surface area (TPSA) is 3.24 Å². The molecular formula is C22H24ClNS. The Hall–Kier alpha value is -1.22. The van der Waals surface area contributed by atoms with Crippen LogP contribution < -0.4 is 0 Å². The molecule has 4 rings (SSSR count). The van der Waals surface area contributed by atoms with Gasteiger partial charge >= 0.3 is 0 Å². The molecule has 0 bridgehead atoms. The predicted octanol–water partition coefficient (Wildman–Crippen LogP) is 6.15. The van der Waals surface area contributed by atoms with Gasteiger partial charge in [0.1, 0.15) is 0 Å². The Bertz CT molecular complexity index is 830. The fourth-order valence-electron chi connectivity index (χ4n) is 4.09. The molecule has 2 aliphatic heterocycles. The normalized spacial score (nSPS) is 23.8. The first kappa shape index (κ1) is 17.2. The van der Waals surface area contributed by atoms with Gasteiger partial charge < -0.3 is 4.90 Å². The van der Waals surface area contributed by atoms with Gasteiger partial charge in [-0.2, -0.15) is 0 Å². The molecule has 1 nitrogen and oxygen atoms in total. The van der Waals surface area contributed by atoms with Gasteiger partial charge in [-0.05, 0) is 68.6 Å². The molecule has 130 valence electrons. The van der Waals surface area contributed by atoms with Crippen LogP contribution in [0.4, 0.5) is 0 Å².